The van der Waals surface area contributed by atoms with Gasteiger partial charge in [-0.1, -0.05) is 13.8 Å². The van der Waals surface area contributed by atoms with Gasteiger partial charge in [-0.2, -0.15) is 0 Å². The third-order valence-corrected chi connectivity index (χ3v) is 2.52. The lowest BCUT2D eigenvalue weighted by Crippen LogP contribution is -2.31. The fourth-order valence-corrected chi connectivity index (χ4v) is 1.48. The monoisotopic (exact) mass is 211 g/mol. The van der Waals surface area contributed by atoms with E-state index in [-0.39, 0.29) is 5.41 Å². The van der Waals surface area contributed by atoms with E-state index in [4.69, 9.17) is 5.73 Å². The van der Waals surface area contributed by atoms with Crippen molar-refractivity contribution in [2.24, 2.45) is 5.73 Å². The smallest absolute Gasteiger partial charge is 0.224 e. The van der Waals surface area contributed by atoms with Crippen LogP contribution in [0.2, 0.25) is 0 Å². The molecule has 0 radical (unpaired) electrons. The van der Waals surface area contributed by atoms with Crippen LogP contribution < -0.4 is 11.1 Å². The van der Waals surface area contributed by atoms with Crippen molar-refractivity contribution in [3.8, 4) is 0 Å². The second-order valence-corrected chi connectivity index (χ2v) is 4.21. The van der Waals surface area contributed by atoms with Gasteiger partial charge in [-0.25, -0.2) is 0 Å². The average Bonchev–Trinajstić information content (AvgIpc) is 2.62. The first-order valence-corrected chi connectivity index (χ1v) is 5.44. The maximum Gasteiger partial charge on any atom is 0.224 e. The molecule has 0 saturated heterocycles. The van der Waals surface area contributed by atoms with Gasteiger partial charge < -0.3 is 11.1 Å². The molecular formula is C10H21N5. The van der Waals surface area contributed by atoms with E-state index in [1.165, 1.54) is 0 Å². The minimum Gasteiger partial charge on any atom is -0.355 e. The Morgan fingerprint density at radius 2 is 2.00 bits per heavy atom. The van der Waals surface area contributed by atoms with Gasteiger partial charge in [-0.3, -0.25) is 4.57 Å². The van der Waals surface area contributed by atoms with Gasteiger partial charge in [-0.05, 0) is 13.8 Å². The van der Waals surface area contributed by atoms with Crippen molar-refractivity contribution >= 4 is 5.95 Å². The van der Waals surface area contributed by atoms with Crippen molar-refractivity contribution in [1.82, 2.24) is 14.8 Å². The van der Waals surface area contributed by atoms with Gasteiger partial charge in [0.05, 0.1) is 0 Å². The van der Waals surface area contributed by atoms with E-state index in [0.717, 1.165) is 24.9 Å². The molecule has 0 unspecified atom stereocenters. The molecule has 86 valence electrons. The first-order chi connectivity index (χ1) is 7.06. The van der Waals surface area contributed by atoms with Gasteiger partial charge in [-0.15, -0.1) is 10.2 Å². The Hall–Kier alpha value is -1.10. The van der Waals surface area contributed by atoms with Crippen LogP contribution in [0.1, 0.15) is 33.5 Å². The van der Waals surface area contributed by atoms with Crippen LogP contribution in [0.5, 0.6) is 0 Å². The summed E-state index contributed by atoms with van der Waals surface area (Å²) in [5.74, 6) is 1.78. The first kappa shape index (κ1) is 12.0. The lowest BCUT2D eigenvalue weighted by Gasteiger charge is -2.22. The molecule has 3 N–H and O–H groups in total. The van der Waals surface area contributed by atoms with Crippen LogP contribution in [0.15, 0.2) is 0 Å². The van der Waals surface area contributed by atoms with Crippen LogP contribution in [0.4, 0.5) is 5.95 Å². The summed E-state index contributed by atoms with van der Waals surface area (Å²) >= 11 is 0. The van der Waals surface area contributed by atoms with Crippen molar-refractivity contribution in [3.05, 3.63) is 5.82 Å². The summed E-state index contributed by atoms with van der Waals surface area (Å²) in [5, 5.41) is 11.5. The van der Waals surface area contributed by atoms with Crippen LogP contribution >= 0.6 is 0 Å². The molecule has 0 aliphatic carbocycles. The maximum absolute atomic E-state index is 5.74. The fourth-order valence-electron chi connectivity index (χ4n) is 1.48. The van der Waals surface area contributed by atoms with Crippen LogP contribution in [-0.2, 0) is 12.0 Å². The molecule has 1 aromatic rings. The minimum absolute atomic E-state index is 0.128. The third-order valence-electron chi connectivity index (χ3n) is 2.52. The zero-order valence-electron chi connectivity index (χ0n) is 10.0. The zero-order chi connectivity index (χ0) is 11.5. The van der Waals surface area contributed by atoms with Crippen LogP contribution in [0, 0.1) is 0 Å². The zero-order valence-corrected chi connectivity index (χ0v) is 10.0. The van der Waals surface area contributed by atoms with Crippen LogP contribution in [0.3, 0.4) is 0 Å². The van der Waals surface area contributed by atoms with E-state index in [1.807, 2.05) is 6.92 Å². The molecule has 0 fully saturated rings. The second-order valence-electron chi connectivity index (χ2n) is 4.21. The number of nitrogens with zero attached hydrogens (tertiary/aromatic N) is 3. The van der Waals surface area contributed by atoms with E-state index >= 15 is 0 Å². The van der Waals surface area contributed by atoms with Crippen molar-refractivity contribution in [2.75, 3.05) is 18.4 Å². The number of aromatic nitrogens is 3. The van der Waals surface area contributed by atoms with E-state index in [2.05, 4.69) is 40.9 Å². The average molecular weight is 211 g/mol. The molecule has 0 aromatic carbocycles. The molecule has 0 saturated carbocycles. The predicted octanol–water partition coefficient (Wildman–Crippen LogP) is 0.966. The molecule has 0 aliphatic heterocycles. The second kappa shape index (κ2) is 4.61. The highest BCUT2D eigenvalue weighted by molar-refractivity contribution is 5.27. The van der Waals surface area contributed by atoms with Gasteiger partial charge in [0, 0.05) is 25.0 Å². The topological polar surface area (TPSA) is 68.8 Å². The quantitative estimate of drug-likeness (QED) is 0.761. The van der Waals surface area contributed by atoms with Gasteiger partial charge in [0.15, 0.2) is 0 Å². The summed E-state index contributed by atoms with van der Waals surface area (Å²) in [6.45, 7) is 10.6. The normalized spacial score (nSPS) is 11.8. The standard InChI is InChI=1S/C10H21N5/c1-5-12-9-14-13-8(15(9)6-2)10(3,4)7-11/h5-7,11H2,1-4H3,(H,12,14). The Bertz CT molecular complexity index is 316. The summed E-state index contributed by atoms with van der Waals surface area (Å²) < 4.78 is 2.08. The van der Waals surface area contributed by atoms with E-state index in [0.29, 0.717) is 6.54 Å². The molecule has 5 nitrogen and oxygen atoms in total. The highest BCUT2D eigenvalue weighted by Crippen LogP contribution is 2.22. The molecule has 0 aliphatic rings. The summed E-state index contributed by atoms with van der Waals surface area (Å²) in [6, 6.07) is 0. The number of nitrogens with one attached hydrogen (secondary N) is 1. The molecule has 0 atom stereocenters. The van der Waals surface area contributed by atoms with Crippen molar-refractivity contribution in [1.29, 1.82) is 0 Å². The highest BCUT2D eigenvalue weighted by Gasteiger charge is 2.26. The van der Waals surface area contributed by atoms with Crippen molar-refractivity contribution in [2.45, 2.75) is 39.7 Å². The molecule has 0 bridgehead atoms. The number of anilines is 1. The number of hydrogen-bond acceptors (Lipinski definition) is 4. The lowest BCUT2D eigenvalue weighted by molar-refractivity contribution is 0.472. The third kappa shape index (κ3) is 2.28. The highest BCUT2D eigenvalue weighted by atomic mass is 15.4. The Morgan fingerprint density at radius 3 is 2.47 bits per heavy atom. The van der Waals surface area contributed by atoms with Gasteiger partial charge in [0.2, 0.25) is 5.95 Å². The Kier molecular flexibility index (Phi) is 3.68. The Labute approximate surface area is 91.1 Å². The summed E-state index contributed by atoms with van der Waals surface area (Å²) in [5.41, 5.74) is 5.62. The molecule has 1 heterocycles. The number of hydrogen-bond donors (Lipinski definition) is 2. The largest absolute Gasteiger partial charge is 0.355 e. The molecule has 15 heavy (non-hydrogen) atoms. The van der Waals surface area contributed by atoms with E-state index in [1.54, 1.807) is 0 Å². The van der Waals surface area contributed by atoms with Crippen molar-refractivity contribution < 1.29 is 0 Å². The maximum atomic E-state index is 5.74. The molecule has 0 spiro atoms. The Balaban J connectivity index is 3.09. The van der Waals surface area contributed by atoms with Gasteiger partial charge >= 0.3 is 0 Å². The molecule has 1 rings (SSSR count). The number of nitrogens with two attached hydrogens (primary N) is 1. The van der Waals surface area contributed by atoms with Gasteiger partial charge in [0.1, 0.15) is 5.82 Å². The Morgan fingerprint density at radius 1 is 1.33 bits per heavy atom. The fraction of sp³-hybridized carbons (Fsp3) is 0.800. The van der Waals surface area contributed by atoms with Gasteiger partial charge in [0.25, 0.3) is 0 Å². The molecule has 0 amide bonds. The minimum atomic E-state index is -0.128. The van der Waals surface area contributed by atoms with Crippen molar-refractivity contribution in [3.63, 3.8) is 0 Å². The van der Waals surface area contributed by atoms with Crippen LogP contribution in [0.25, 0.3) is 0 Å². The molecule has 1 aromatic heterocycles. The predicted molar refractivity (Wildman–Crippen MR) is 61.9 cm³/mol. The van der Waals surface area contributed by atoms with E-state index < -0.39 is 0 Å². The summed E-state index contributed by atoms with van der Waals surface area (Å²) in [4.78, 5) is 0. The SMILES string of the molecule is CCNc1nnc(C(C)(C)CN)n1CC. The molecule has 5 heteroatoms. The molecular weight excluding hydrogens is 190 g/mol. The van der Waals surface area contributed by atoms with Crippen LogP contribution in [-0.4, -0.2) is 27.9 Å². The summed E-state index contributed by atoms with van der Waals surface area (Å²) in [7, 11) is 0. The first-order valence-electron chi connectivity index (χ1n) is 5.44. The van der Waals surface area contributed by atoms with E-state index in [9.17, 15) is 0 Å². The summed E-state index contributed by atoms with van der Waals surface area (Å²) in [6.07, 6.45) is 0. The number of rotatable bonds is 5. The lowest BCUT2D eigenvalue weighted by atomic mass is 9.93.